The van der Waals surface area contributed by atoms with E-state index in [1.165, 1.54) is 37.7 Å². The molecule has 0 atom stereocenters. The van der Waals surface area contributed by atoms with Crippen LogP contribution < -0.4 is 5.32 Å². The van der Waals surface area contributed by atoms with Gasteiger partial charge in [0.1, 0.15) is 0 Å². The molecule has 1 aliphatic rings. The Morgan fingerprint density at radius 1 is 1.26 bits per heavy atom. The number of benzene rings is 1. The van der Waals surface area contributed by atoms with E-state index in [-0.39, 0.29) is 0 Å². The quantitative estimate of drug-likeness (QED) is 0.728. The fraction of sp³-hybridized carbons (Fsp3) is 0.625. The number of rotatable bonds is 8. The van der Waals surface area contributed by atoms with Crippen LogP contribution in [0.5, 0.6) is 0 Å². The maximum atomic E-state index is 6.02. The molecule has 1 fully saturated rings. The summed E-state index contributed by atoms with van der Waals surface area (Å²) in [6, 6.07) is 8.99. The Morgan fingerprint density at radius 3 is 2.84 bits per heavy atom. The molecule has 3 heteroatoms. The lowest BCUT2D eigenvalue weighted by molar-refractivity contribution is 0.191. The summed E-state index contributed by atoms with van der Waals surface area (Å²) in [7, 11) is 1.77. The zero-order valence-electron chi connectivity index (χ0n) is 11.7. The fourth-order valence-electron chi connectivity index (χ4n) is 2.67. The summed E-state index contributed by atoms with van der Waals surface area (Å²) in [6.07, 6.45) is 6.18. The lowest BCUT2D eigenvalue weighted by Gasteiger charge is -2.36. The molecule has 106 valence electrons. The normalized spacial score (nSPS) is 22.2. The standard InChI is InChI=1S/C16H24ClNO/c1-19-9-4-2-3-8-18-16-11-14(12-16)13-6-5-7-15(17)10-13/h5-7,10,14,16,18H,2-4,8-9,11-12H2,1H3. The van der Waals surface area contributed by atoms with Crippen molar-refractivity contribution in [2.45, 2.75) is 44.1 Å². The van der Waals surface area contributed by atoms with Crippen LogP contribution in [-0.2, 0) is 4.74 Å². The summed E-state index contributed by atoms with van der Waals surface area (Å²) >= 11 is 6.02. The summed E-state index contributed by atoms with van der Waals surface area (Å²) in [4.78, 5) is 0. The van der Waals surface area contributed by atoms with Gasteiger partial charge in [-0.2, -0.15) is 0 Å². The molecule has 0 aromatic heterocycles. The third-order valence-electron chi connectivity index (χ3n) is 3.92. The number of hydrogen-bond donors (Lipinski definition) is 1. The van der Waals surface area contributed by atoms with Gasteiger partial charge in [0.25, 0.3) is 0 Å². The summed E-state index contributed by atoms with van der Waals surface area (Å²) < 4.78 is 5.04. The van der Waals surface area contributed by atoms with Gasteiger partial charge in [0.2, 0.25) is 0 Å². The van der Waals surface area contributed by atoms with Crippen molar-refractivity contribution in [3.05, 3.63) is 34.9 Å². The monoisotopic (exact) mass is 281 g/mol. The molecular weight excluding hydrogens is 258 g/mol. The van der Waals surface area contributed by atoms with E-state index in [9.17, 15) is 0 Å². The van der Waals surface area contributed by atoms with E-state index in [0.29, 0.717) is 12.0 Å². The largest absolute Gasteiger partial charge is 0.385 e. The number of hydrogen-bond acceptors (Lipinski definition) is 2. The van der Waals surface area contributed by atoms with Crippen molar-refractivity contribution in [1.82, 2.24) is 5.32 Å². The van der Waals surface area contributed by atoms with Crippen LogP contribution in [0.25, 0.3) is 0 Å². The van der Waals surface area contributed by atoms with Gasteiger partial charge in [0, 0.05) is 24.8 Å². The lowest BCUT2D eigenvalue weighted by Crippen LogP contribution is -2.40. The average Bonchev–Trinajstić information content (AvgIpc) is 2.35. The molecule has 0 saturated heterocycles. The highest BCUT2D eigenvalue weighted by Crippen LogP contribution is 2.37. The zero-order valence-corrected chi connectivity index (χ0v) is 12.5. The second-order valence-electron chi connectivity index (χ2n) is 5.43. The minimum atomic E-state index is 0.699. The molecule has 0 radical (unpaired) electrons. The Kier molecular flexibility index (Phi) is 6.15. The maximum absolute atomic E-state index is 6.02. The number of halogens is 1. The first-order chi connectivity index (χ1) is 9.29. The average molecular weight is 282 g/mol. The molecular formula is C16H24ClNO. The molecule has 0 amide bonds. The molecule has 0 unspecified atom stereocenters. The highest BCUT2D eigenvalue weighted by molar-refractivity contribution is 6.30. The van der Waals surface area contributed by atoms with Gasteiger partial charge in [-0.05, 0) is 62.3 Å². The smallest absolute Gasteiger partial charge is 0.0462 e. The molecule has 2 rings (SSSR count). The van der Waals surface area contributed by atoms with E-state index in [0.717, 1.165) is 18.2 Å². The van der Waals surface area contributed by atoms with Gasteiger partial charge in [-0.1, -0.05) is 23.7 Å². The maximum Gasteiger partial charge on any atom is 0.0462 e. The van der Waals surface area contributed by atoms with Gasteiger partial charge >= 0.3 is 0 Å². The van der Waals surface area contributed by atoms with E-state index in [2.05, 4.69) is 17.4 Å². The van der Waals surface area contributed by atoms with Crippen molar-refractivity contribution in [2.75, 3.05) is 20.3 Å². The second kappa shape index (κ2) is 7.88. The lowest BCUT2D eigenvalue weighted by atomic mass is 9.76. The minimum absolute atomic E-state index is 0.699. The third-order valence-corrected chi connectivity index (χ3v) is 4.15. The van der Waals surface area contributed by atoms with Crippen LogP contribution in [0.1, 0.15) is 43.6 Å². The van der Waals surface area contributed by atoms with E-state index in [1.54, 1.807) is 7.11 Å². The van der Waals surface area contributed by atoms with Crippen molar-refractivity contribution in [1.29, 1.82) is 0 Å². The Bertz CT molecular complexity index is 377. The van der Waals surface area contributed by atoms with Crippen molar-refractivity contribution in [2.24, 2.45) is 0 Å². The van der Waals surface area contributed by atoms with E-state index in [4.69, 9.17) is 16.3 Å². The number of methoxy groups -OCH3 is 1. The second-order valence-corrected chi connectivity index (χ2v) is 5.86. The predicted octanol–water partition coefficient (Wildman–Crippen LogP) is 3.99. The first-order valence-corrected chi connectivity index (χ1v) is 7.65. The van der Waals surface area contributed by atoms with Gasteiger partial charge in [-0.25, -0.2) is 0 Å². The van der Waals surface area contributed by atoms with Crippen LogP contribution in [0.3, 0.4) is 0 Å². The molecule has 0 spiro atoms. The van der Waals surface area contributed by atoms with E-state index < -0.39 is 0 Å². The van der Waals surface area contributed by atoms with Crippen molar-refractivity contribution in [3.63, 3.8) is 0 Å². The van der Waals surface area contributed by atoms with Crippen LogP contribution in [-0.4, -0.2) is 26.3 Å². The number of unbranched alkanes of at least 4 members (excludes halogenated alkanes) is 2. The van der Waals surface area contributed by atoms with E-state index >= 15 is 0 Å². The first-order valence-electron chi connectivity index (χ1n) is 7.27. The Morgan fingerprint density at radius 2 is 2.11 bits per heavy atom. The number of ether oxygens (including phenoxy) is 1. The Labute approximate surface area is 121 Å². The molecule has 1 N–H and O–H groups in total. The highest BCUT2D eigenvalue weighted by atomic mass is 35.5. The molecule has 1 aromatic rings. The van der Waals surface area contributed by atoms with Crippen LogP contribution in [0, 0.1) is 0 Å². The van der Waals surface area contributed by atoms with Crippen molar-refractivity contribution in [3.8, 4) is 0 Å². The highest BCUT2D eigenvalue weighted by Gasteiger charge is 2.29. The van der Waals surface area contributed by atoms with Crippen molar-refractivity contribution >= 4 is 11.6 Å². The molecule has 1 saturated carbocycles. The Balaban J connectivity index is 1.56. The van der Waals surface area contributed by atoms with Crippen LogP contribution >= 0.6 is 11.6 Å². The van der Waals surface area contributed by atoms with Gasteiger partial charge in [0.05, 0.1) is 0 Å². The summed E-state index contributed by atoms with van der Waals surface area (Å²) in [6.45, 7) is 2.02. The van der Waals surface area contributed by atoms with Crippen molar-refractivity contribution < 1.29 is 4.74 Å². The zero-order chi connectivity index (χ0) is 13.5. The third kappa shape index (κ3) is 4.79. The summed E-state index contributed by atoms with van der Waals surface area (Å²) in [5.74, 6) is 0.699. The van der Waals surface area contributed by atoms with Crippen LogP contribution in [0.4, 0.5) is 0 Å². The minimum Gasteiger partial charge on any atom is -0.385 e. The van der Waals surface area contributed by atoms with Crippen LogP contribution in [0.2, 0.25) is 5.02 Å². The Hall–Kier alpha value is -0.570. The predicted molar refractivity (Wildman–Crippen MR) is 80.9 cm³/mol. The van der Waals surface area contributed by atoms with Crippen LogP contribution in [0.15, 0.2) is 24.3 Å². The molecule has 19 heavy (non-hydrogen) atoms. The molecule has 0 heterocycles. The summed E-state index contributed by atoms with van der Waals surface area (Å²) in [5.41, 5.74) is 1.39. The summed E-state index contributed by atoms with van der Waals surface area (Å²) in [5, 5.41) is 4.49. The van der Waals surface area contributed by atoms with E-state index in [1.807, 2.05) is 12.1 Å². The van der Waals surface area contributed by atoms with Gasteiger partial charge < -0.3 is 10.1 Å². The molecule has 0 bridgehead atoms. The van der Waals surface area contributed by atoms with Gasteiger partial charge in [-0.3, -0.25) is 0 Å². The van der Waals surface area contributed by atoms with Gasteiger partial charge in [0.15, 0.2) is 0 Å². The fourth-order valence-corrected chi connectivity index (χ4v) is 2.87. The molecule has 1 aliphatic carbocycles. The topological polar surface area (TPSA) is 21.3 Å². The SMILES string of the molecule is COCCCCCNC1CC(c2cccc(Cl)c2)C1. The first kappa shape index (κ1) is 14.8. The van der Waals surface area contributed by atoms with Gasteiger partial charge in [-0.15, -0.1) is 0 Å². The number of nitrogens with one attached hydrogen (secondary N) is 1. The molecule has 2 nitrogen and oxygen atoms in total. The molecule has 1 aromatic carbocycles. The molecule has 0 aliphatic heterocycles.